The predicted octanol–water partition coefficient (Wildman–Crippen LogP) is 4.69. The van der Waals surface area contributed by atoms with Gasteiger partial charge in [-0.2, -0.15) is 0 Å². The third kappa shape index (κ3) is 7.78. The second-order valence-electron chi connectivity index (χ2n) is 8.19. The van der Waals surface area contributed by atoms with Gasteiger partial charge in [-0.15, -0.1) is 24.8 Å². The number of nitrogens with zero attached hydrogens (tertiary/aromatic N) is 2. The second-order valence-corrected chi connectivity index (χ2v) is 8.19. The molecule has 30 heavy (non-hydrogen) atoms. The highest BCUT2D eigenvalue weighted by molar-refractivity contribution is 5.89. The highest BCUT2D eigenvalue weighted by atomic mass is 35.5. The Morgan fingerprint density at radius 1 is 1.33 bits per heavy atom. The van der Waals surface area contributed by atoms with E-state index >= 15 is 0 Å². The molecule has 1 saturated heterocycles. The van der Waals surface area contributed by atoms with E-state index in [4.69, 9.17) is 9.84 Å². The number of aromatic nitrogens is 1. The first-order valence-corrected chi connectivity index (χ1v) is 9.78. The summed E-state index contributed by atoms with van der Waals surface area (Å²) in [7, 11) is 0. The van der Waals surface area contributed by atoms with Crippen LogP contribution < -0.4 is 10.2 Å². The number of aliphatic carboxylic acids is 1. The fourth-order valence-corrected chi connectivity index (χ4v) is 3.39. The number of rotatable bonds is 7. The van der Waals surface area contributed by atoms with Gasteiger partial charge >= 0.3 is 12.1 Å². The topological polar surface area (TPSA) is 91.8 Å². The van der Waals surface area contributed by atoms with Crippen molar-refractivity contribution in [2.75, 3.05) is 18.0 Å². The Labute approximate surface area is 191 Å². The number of pyridine rings is 1. The molecule has 1 aliphatic heterocycles. The number of nitrogens with one attached hydrogen (secondary N) is 1. The molecule has 0 unspecified atom stereocenters. The quantitative estimate of drug-likeness (QED) is 0.572. The first kappa shape index (κ1) is 28.2. The molecule has 1 atom stereocenters. The van der Waals surface area contributed by atoms with Crippen molar-refractivity contribution < 1.29 is 19.4 Å². The zero-order valence-corrected chi connectivity index (χ0v) is 19.6. The molecular weight excluding hydrogens is 429 g/mol. The number of carbonyl (C=O) groups is 2. The lowest BCUT2D eigenvalue weighted by atomic mass is 9.89. The summed E-state index contributed by atoms with van der Waals surface area (Å²) in [6.07, 6.45) is 7.42. The molecular formula is C21H33Cl2N3O4. The highest BCUT2D eigenvalue weighted by Gasteiger charge is 2.44. The van der Waals surface area contributed by atoms with Crippen molar-refractivity contribution in [2.45, 2.75) is 64.5 Å². The van der Waals surface area contributed by atoms with Crippen LogP contribution in [0.15, 0.2) is 24.4 Å². The summed E-state index contributed by atoms with van der Waals surface area (Å²) in [6.45, 7) is 9.21. The molecule has 1 aliphatic rings. The predicted molar refractivity (Wildman–Crippen MR) is 124 cm³/mol. The Balaban J connectivity index is 0.00000420. The average Bonchev–Trinajstić information content (AvgIpc) is 3.07. The van der Waals surface area contributed by atoms with E-state index in [9.17, 15) is 9.59 Å². The van der Waals surface area contributed by atoms with Crippen molar-refractivity contribution in [3.63, 3.8) is 0 Å². The first-order valence-electron chi connectivity index (χ1n) is 9.78. The molecule has 0 saturated carbocycles. The molecule has 0 aliphatic carbocycles. The maximum absolute atomic E-state index is 13.2. The smallest absolute Gasteiger partial charge is 0.416 e. The van der Waals surface area contributed by atoms with Crippen LogP contribution in [0.3, 0.4) is 0 Å². The molecule has 1 aromatic rings. The van der Waals surface area contributed by atoms with Crippen LogP contribution in [-0.2, 0) is 9.53 Å². The van der Waals surface area contributed by atoms with Crippen molar-refractivity contribution >= 4 is 48.8 Å². The minimum absolute atomic E-state index is 0. The largest absolute Gasteiger partial charge is 0.478 e. The van der Waals surface area contributed by atoms with Gasteiger partial charge in [0.1, 0.15) is 11.4 Å². The van der Waals surface area contributed by atoms with Crippen molar-refractivity contribution in [3.05, 3.63) is 30.0 Å². The van der Waals surface area contributed by atoms with Crippen molar-refractivity contribution in [2.24, 2.45) is 0 Å². The second kappa shape index (κ2) is 12.1. The Hall–Kier alpha value is -1.83. The van der Waals surface area contributed by atoms with Crippen LogP contribution in [0.1, 0.15) is 58.9 Å². The van der Waals surface area contributed by atoms with E-state index in [1.165, 1.54) is 6.08 Å². The summed E-state index contributed by atoms with van der Waals surface area (Å²) in [4.78, 5) is 30.0. The lowest BCUT2D eigenvalue weighted by molar-refractivity contribution is -0.131. The summed E-state index contributed by atoms with van der Waals surface area (Å²) in [5, 5.41) is 12.2. The van der Waals surface area contributed by atoms with Gasteiger partial charge in [-0.3, -0.25) is 4.90 Å². The van der Waals surface area contributed by atoms with Crippen LogP contribution in [0, 0.1) is 0 Å². The van der Waals surface area contributed by atoms with Gasteiger partial charge in [0.25, 0.3) is 0 Å². The minimum Gasteiger partial charge on any atom is -0.478 e. The number of carboxylic acid groups (broad SMARTS) is 1. The van der Waals surface area contributed by atoms with Crippen LogP contribution in [0.5, 0.6) is 0 Å². The summed E-state index contributed by atoms with van der Waals surface area (Å²) in [5.74, 6) is -0.503. The molecule has 170 valence electrons. The normalized spacial score (nSPS) is 18.4. The van der Waals surface area contributed by atoms with Gasteiger partial charge in [0, 0.05) is 18.8 Å². The lowest BCUT2D eigenvalue weighted by Gasteiger charge is -2.40. The third-order valence-corrected chi connectivity index (χ3v) is 4.69. The van der Waals surface area contributed by atoms with Crippen LogP contribution in [0.2, 0.25) is 0 Å². The molecule has 2 rings (SSSR count). The maximum Gasteiger partial charge on any atom is 0.416 e. The van der Waals surface area contributed by atoms with E-state index in [-0.39, 0.29) is 30.4 Å². The summed E-state index contributed by atoms with van der Waals surface area (Å²) in [6, 6.07) is 3.51. The molecule has 0 bridgehead atoms. The number of halogens is 2. The van der Waals surface area contributed by atoms with Gasteiger partial charge < -0.3 is 15.2 Å². The van der Waals surface area contributed by atoms with Gasteiger partial charge in [-0.05, 0) is 63.9 Å². The molecule has 1 aromatic heterocycles. The lowest BCUT2D eigenvalue weighted by Crippen LogP contribution is -2.55. The van der Waals surface area contributed by atoms with Crippen LogP contribution >= 0.6 is 24.8 Å². The third-order valence-electron chi connectivity index (χ3n) is 4.69. The first-order chi connectivity index (χ1) is 13.2. The van der Waals surface area contributed by atoms with E-state index in [0.717, 1.165) is 38.3 Å². The van der Waals surface area contributed by atoms with Crippen molar-refractivity contribution in [1.82, 2.24) is 10.3 Å². The summed E-state index contributed by atoms with van der Waals surface area (Å²) < 4.78 is 5.71. The highest BCUT2D eigenvalue weighted by Crippen LogP contribution is 2.34. The van der Waals surface area contributed by atoms with Crippen molar-refractivity contribution in [1.29, 1.82) is 0 Å². The zero-order chi connectivity index (χ0) is 20.8. The number of unbranched alkanes of at least 4 members (excludes halogenated alkanes) is 1. The Kier molecular flexibility index (Phi) is 11.4. The molecule has 0 radical (unpaired) electrons. The van der Waals surface area contributed by atoms with Crippen molar-refractivity contribution in [3.8, 4) is 0 Å². The molecule has 0 spiro atoms. The average molecular weight is 462 g/mol. The molecule has 1 amide bonds. The van der Waals surface area contributed by atoms with Gasteiger partial charge in [0.05, 0.1) is 5.54 Å². The van der Waals surface area contributed by atoms with Crippen LogP contribution in [-0.4, -0.2) is 46.4 Å². The van der Waals surface area contributed by atoms with Gasteiger partial charge in [0.2, 0.25) is 0 Å². The summed E-state index contributed by atoms with van der Waals surface area (Å²) >= 11 is 0. The standard InChI is InChI=1S/C21H31N3O4.2ClH/c1-5-6-11-21(12-13-22-15-21)24(19(27)28-20(2,3)4)17-9-7-16(14-23-17)8-10-18(25)26;;/h7-10,14,22H,5-6,11-13,15H2,1-4H3,(H,25,26);2*1H/b10-8+;;/t21-;;/m1../s1. The van der Waals surface area contributed by atoms with Gasteiger partial charge in [0.15, 0.2) is 0 Å². The Morgan fingerprint density at radius 3 is 2.50 bits per heavy atom. The number of amides is 1. The summed E-state index contributed by atoms with van der Waals surface area (Å²) in [5.41, 5.74) is -0.344. The minimum atomic E-state index is -1.02. The van der Waals surface area contributed by atoms with Gasteiger partial charge in [-0.1, -0.05) is 19.8 Å². The SMILES string of the molecule is CCCC[C@@]1(N(C(=O)OC(C)(C)C)c2ccc(/C=C/C(=O)O)cn2)CCNC1.Cl.Cl. The van der Waals surface area contributed by atoms with Crippen LogP contribution in [0.4, 0.5) is 10.6 Å². The van der Waals surface area contributed by atoms with E-state index < -0.39 is 17.7 Å². The number of anilines is 1. The number of ether oxygens (including phenoxy) is 1. The molecule has 1 fully saturated rings. The molecule has 7 nitrogen and oxygen atoms in total. The Bertz CT molecular complexity index is 712. The number of carbonyl (C=O) groups excluding carboxylic acids is 1. The van der Waals surface area contributed by atoms with E-state index in [2.05, 4.69) is 17.2 Å². The number of hydrogen-bond donors (Lipinski definition) is 2. The molecule has 2 N–H and O–H groups in total. The number of hydrogen-bond acceptors (Lipinski definition) is 5. The Morgan fingerprint density at radius 2 is 2.03 bits per heavy atom. The zero-order valence-electron chi connectivity index (χ0n) is 18.0. The van der Waals surface area contributed by atoms with E-state index in [1.54, 1.807) is 23.2 Å². The van der Waals surface area contributed by atoms with Gasteiger partial charge in [-0.25, -0.2) is 14.6 Å². The van der Waals surface area contributed by atoms with Crippen LogP contribution in [0.25, 0.3) is 6.08 Å². The molecule has 9 heteroatoms. The monoisotopic (exact) mass is 461 g/mol. The van der Waals surface area contributed by atoms with E-state index in [0.29, 0.717) is 17.9 Å². The maximum atomic E-state index is 13.2. The van der Waals surface area contributed by atoms with E-state index in [1.807, 2.05) is 20.8 Å². The molecule has 2 heterocycles. The fraction of sp³-hybridized carbons (Fsp3) is 0.571. The number of carboxylic acids is 1. The molecule has 0 aromatic carbocycles. The fourth-order valence-electron chi connectivity index (χ4n) is 3.39.